The first-order chi connectivity index (χ1) is 8.56. The molecule has 3 N–H and O–H groups in total. The fraction of sp³-hybridized carbons (Fsp3) is 0.250. The van der Waals surface area contributed by atoms with Crippen molar-refractivity contribution >= 4 is 11.7 Å². The normalized spacial score (nSPS) is 10.6. The summed E-state index contributed by atoms with van der Waals surface area (Å²) in [6.07, 6.45) is 2.87. The van der Waals surface area contributed by atoms with Gasteiger partial charge in [-0.2, -0.15) is 0 Å². The molecule has 94 valence electrons. The summed E-state index contributed by atoms with van der Waals surface area (Å²) >= 11 is 0. The Bertz CT molecular complexity index is 545. The number of anilines is 1. The van der Waals surface area contributed by atoms with Crippen molar-refractivity contribution in [1.82, 2.24) is 15.3 Å². The summed E-state index contributed by atoms with van der Waals surface area (Å²) in [5, 5.41) is 2.74. The molecule has 0 saturated heterocycles. The predicted molar refractivity (Wildman–Crippen MR) is 66.7 cm³/mol. The maximum atomic E-state index is 11.7. The topological polar surface area (TPSA) is 94.0 Å². The van der Waals surface area contributed by atoms with Crippen LogP contribution in [0.5, 0.6) is 0 Å². The van der Waals surface area contributed by atoms with E-state index in [1.54, 1.807) is 18.3 Å². The van der Waals surface area contributed by atoms with Gasteiger partial charge in [0.25, 0.3) is 5.91 Å². The van der Waals surface area contributed by atoms with Gasteiger partial charge in [0.2, 0.25) is 5.89 Å². The average molecular weight is 246 g/mol. The highest BCUT2D eigenvalue weighted by molar-refractivity contribution is 5.92. The van der Waals surface area contributed by atoms with Crippen LogP contribution in [0.2, 0.25) is 0 Å². The maximum Gasteiger partial charge on any atom is 0.273 e. The molecule has 0 fully saturated rings. The Kier molecular flexibility index (Phi) is 3.27. The van der Waals surface area contributed by atoms with Gasteiger partial charge in [-0.25, -0.2) is 9.97 Å². The minimum atomic E-state index is -0.261. The summed E-state index contributed by atoms with van der Waals surface area (Å²) < 4.78 is 5.24. The van der Waals surface area contributed by atoms with Crippen LogP contribution in [0.4, 0.5) is 5.82 Å². The summed E-state index contributed by atoms with van der Waals surface area (Å²) in [5.74, 6) is 0.503. The molecule has 6 heteroatoms. The largest absolute Gasteiger partial charge is 0.444 e. The van der Waals surface area contributed by atoms with Crippen LogP contribution < -0.4 is 11.1 Å². The zero-order chi connectivity index (χ0) is 13.1. The summed E-state index contributed by atoms with van der Waals surface area (Å²) in [4.78, 5) is 19.7. The summed E-state index contributed by atoms with van der Waals surface area (Å²) in [7, 11) is 0. The van der Waals surface area contributed by atoms with Crippen molar-refractivity contribution in [2.75, 3.05) is 5.73 Å². The molecule has 2 heterocycles. The third-order valence-electron chi connectivity index (χ3n) is 2.19. The van der Waals surface area contributed by atoms with E-state index in [9.17, 15) is 4.79 Å². The van der Waals surface area contributed by atoms with E-state index >= 15 is 0 Å². The zero-order valence-corrected chi connectivity index (χ0v) is 10.2. The lowest BCUT2D eigenvalue weighted by atomic mass is 10.3. The smallest absolute Gasteiger partial charge is 0.273 e. The monoisotopic (exact) mass is 246 g/mol. The van der Waals surface area contributed by atoms with Gasteiger partial charge in [0.1, 0.15) is 12.1 Å². The van der Waals surface area contributed by atoms with Crippen LogP contribution in [0.25, 0.3) is 11.5 Å². The van der Waals surface area contributed by atoms with E-state index in [0.29, 0.717) is 17.3 Å². The number of amides is 1. The molecule has 2 rings (SSSR count). The van der Waals surface area contributed by atoms with Crippen LogP contribution >= 0.6 is 0 Å². The molecule has 0 aromatic carbocycles. The van der Waals surface area contributed by atoms with E-state index in [0.717, 1.165) is 0 Å². The molecule has 0 aliphatic carbocycles. The van der Waals surface area contributed by atoms with Gasteiger partial charge in [-0.15, -0.1) is 0 Å². The second-order valence-corrected chi connectivity index (χ2v) is 4.14. The van der Waals surface area contributed by atoms with Gasteiger partial charge in [-0.1, -0.05) is 0 Å². The van der Waals surface area contributed by atoms with Crippen molar-refractivity contribution < 1.29 is 9.21 Å². The van der Waals surface area contributed by atoms with Crippen molar-refractivity contribution in [2.45, 2.75) is 19.9 Å². The van der Waals surface area contributed by atoms with Gasteiger partial charge in [-0.05, 0) is 26.0 Å². The lowest BCUT2D eigenvalue weighted by Crippen LogP contribution is -2.30. The molecule has 0 aliphatic heterocycles. The van der Waals surface area contributed by atoms with Crippen LogP contribution in [-0.2, 0) is 0 Å². The second-order valence-electron chi connectivity index (χ2n) is 4.14. The molecule has 0 atom stereocenters. The maximum absolute atomic E-state index is 11.7. The lowest BCUT2D eigenvalue weighted by molar-refractivity contribution is 0.0938. The van der Waals surface area contributed by atoms with Gasteiger partial charge in [0, 0.05) is 12.2 Å². The number of nitrogens with two attached hydrogens (primary N) is 1. The summed E-state index contributed by atoms with van der Waals surface area (Å²) in [6, 6.07) is 3.43. The average Bonchev–Trinajstić information content (AvgIpc) is 2.78. The summed E-state index contributed by atoms with van der Waals surface area (Å²) in [5.41, 5.74) is 6.41. The Labute approximate surface area is 104 Å². The fourth-order valence-electron chi connectivity index (χ4n) is 1.38. The third kappa shape index (κ3) is 2.65. The van der Waals surface area contributed by atoms with E-state index < -0.39 is 0 Å². The van der Waals surface area contributed by atoms with Gasteiger partial charge in [0.15, 0.2) is 5.69 Å². The van der Waals surface area contributed by atoms with Crippen LogP contribution in [-0.4, -0.2) is 21.9 Å². The molecule has 0 aliphatic rings. The Hall–Kier alpha value is -2.37. The Morgan fingerprint density at radius 2 is 2.22 bits per heavy atom. The molecule has 2 aromatic rings. The Morgan fingerprint density at radius 1 is 1.44 bits per heavy atom. The van der Waals surface area contributed by atoms with E-state index in [4.69, 9.17) is 10.2 Å². The second kappa shape index (κ2) is 4.87. The molecule has 0 saturated carbocycles. The number of hydrogen-bond donors (Lipinski definition) is 2. The van der Waals surface area contributed by atoms with Crippen molar-refractivity contribution in [1.29, 1.82) is 0 Å². The van der Waals surface area contributed by atoms with E-state index in [1.165, 1.54) is 6.26 Å². The van der Waals surface area contributed by atoms with Crippen molar-refractivity contribution in [3.8, 4) is 11.5 Å². The van der Waals surface area contributed by atoms with Gasteiger partial charge < -0.3 is 15.5 Å². The molecule has 0 radical (unpaired) electrons. The number of carbonyl (C=O) groups excluding carboxylic acids is 1. The molecule has 18 heavy (non-hydrogen) atoms. The first kappa shape index (κ1) is 12.1. The van der Waals surface area contributed by atoms with Crippen LogP contribution in [0.15, 0.2) is 29.0 Å². The molecule has 0 bridgehead atoms. The minimum absolute atomic E-state index is 0.0517. The molecular formula is C12H14N4O2. The van der Waals surface area contributed by atoms with E-state index in [2.05, 4.69) is 15.3 Å². The van der Waals surface area contributed by atoms with Gasteiger partial charge in [-0.3, -0.25) is 4.79 Å². The number of hydrogen-bond acceptors (Lipinski definition) is 5. The number of aromatic nitrogens is 2. The van der Waals surface area contributed by atoms with E-state index in [1.807, 2.05) is 13.8 Å². The van der Waals surface area contributed by atoms with Crippen molar-refractivity contribution in [3.05, 3.63) is 30.3 Å². The fourth-order valence-corrected chi connectivity index (χ4v) is 1.38. The minimum Gasteiger partial charge on any atom is -0.444 e. The quantitative estimate of drug-likeness (QED) is 0.854. The molecular weight excluding hydrogens is 232 g/mol. The molecule has 0 unspecified atom stereocenters. The van der Waals surface area contributed by atoms with Crippen LogP contribution in [0.1, 0.15) is 24.3 Å². The van der Waals surface area contributed by atoms with E-state index in [-0.39, 0.29) is 17.6 Å². The zero-order valence-electron chi connectivity index (χ0n) is 10.2. The van der Waals surface area contributed by atoms with Gasteiger partial charge in [0.05, 0.1) is 5.56 Å². The van der Waals surface area contributed by atoms with Crippen molar-refractivity contribution in [2.24, 2.45) is 0 Å². The molecule has 0 spiro atoms. The number of carbonyl (C=O) groups is 1. The Balaban J connectivity index is 2.20. The predicted octanol–water partition coefficient (Wildman–Crippen LogP) is 1.46. The first-order valence-corrected chi connectivity index (χ1v) is 5.54. The molecule has 1 amide bonds. The molecule has 6 nitrogen and oxygen atoms in total. The summed E-state index contributed by atoms with van der Waals surface area (Å²) in [6.45, 7) is 3.76. The Morgan fingerprint density at radius 3 is 2.83 bits per heavy atom. The number of nitrogen functional groups attached to an aromatic ring is 1. The van der Waals surface area contributed by atoms with Gasteiger partial charge >= 0.3 is 0 Å². The standard InChI is InChI=1S/C12H14N4O2/c1-7(2)15-11(17)9-6-18-12(16-9)8-3-4-10(13)14-5-8/h3-7H,1-2H3,(H2,13,14)(H,15,17). The van der Waals surface area contributed by atoms with Crippen LogP contribution in [0.3, 0.4) is 0 Å². The molecule has 2 aromatic heterocycles. The lowest BCUT2D eigenvalue weighted by Gasteiger charge is -2.04. The highest BCUT2D eigenvalue weighted by Gasteiger charge is 2.14. The SMILES string of the molecule is CC(C)NC(=O)c1coc(-c2ccc(N)nc2)n1. The van der Waals surface area contributed by atoms with Crippen LogP contribution in [0, 0.1) is 0 Å². The van der Waals surface area contributed by atoms with Crippen molar-refractivity contribution in [3.63, 3.8) is 0 Å². The number of oxazole rings is 1. The highest BCUT2D eigenvalue weighted by atomic mass is 16.3. The number of nitrogens with zero attached hydrogens (tertiary/aromatic N) is 2. The number of nitrogens with one attached hydrogen (secondary N) is 1. The third-order valence-corrected chi connectivity index (χ3v) is 2.19. The first-order valence-electron chi connectivity index (χ1n) is 5.54. The number of rotatable bonds is 3. The highest BCUT2D eigenvalue weighted by Crippen LogP contribution is 2.18. The number of pyridine rings is 1.